The van der Waals surface area contributed by atoms with Gasteiger partial charge in [0, 0.05) is 23.4 Å². The van der Waals surface area contributed by atoms with Crippen molar-refractivity contribution in [2.75, 3.05) is 5.73 Å². The molecule has 6 nitrogen and oxygen atoms in total. The molecule has 0 aliphatic heterocycles. The van der Waals surface area contributed by atoms with E-state index in [0.29, 0.717) is 23.4 Å². The van der Waals surface area contributed by atoms with E-state index in [-0.39, 0.29) is 18.3 Å². The molecule has 3 aromatic carbocycles. The fourth-order valence-electron chi connectivity index (χ4n) is 2.53. The maximum atomic E-state index is 12.3. The van der Waals surface area contributed by atoms with Gasteiger partial charge >= 0.3 is 0 Å². The molecule has 26 heavy (non-hydrogen) atoms. The second-order valence-electron chi connectivity index (χ2n) is 5.64. The summed E-state index contributed by atoms with van der Waals surface area (Å²) in [5.41, 5.74) is 9.76. The van der Waals surface area contributed by atoms with Gasteiger partial charge in [-0.25, -0.2) is 5.48 Å². The van der Waals surface area contributed by atoms with Crippen LogP contribution in [0, 0.1) is 0 Å². The van der Waals surface area contributed by atoms with Crippen LogP contribution in [-0.2, 0) is 6.54 Å². The number of fused-ring (bicyclic) bond motifs is 1. The van der Waals surface area contributed by atoms with Gasteiger partial charge in [0.2, 0.25) is 0 Å². The highest BCUT2D eigenvalue weighted by Gasteiger charge is 2.07. The van der Waals surface area contributed by atoms with Gasteiger partial charge in [-0.3, -0.25) is 14.8 Å². The summed E-state index contributed by atoms with van der Waals surface area (Å²) in [6.45, 7) is 0.333. The fraction of sp³-hybridized carbons (Fsp3) is 0.0526. The Labute approximate surface area is 156 Å². The number of hydroxylamine groups is 1. The summed E-state index contributed by atoms with van der Waals surface area (Å²) in [5.74, 6) is -0.761. The number of rotatable bonds is 4. The number of carbonyl (C=O) groups excluding carboxylic acids is 2. The Hall–Kier alpha value is -3.09. The van der Waals surface area contributed by atoms with Gasteiger partial charge < -0.3 is 11.1 Å². The molecule has 5 N–H and O–H groups in total. The van der Waals surface area contributed by atoms with Crippen LogP contribution < -0.4 is 16.5 Å². The molecule has 0 atom stereocenters. The number of halogens is 1. The van der Waals surface area contributed by atoms with Crippen molar-refractivity contribution in [3.05, 3.63) is 77.4 Å². The zero-order chi connectivity index (χ0) is 17.8. The number of benzene rings is 3. The molecule has 0 saturated heterocycles. The summed E-state index contributed by atoms with van der Waals surface area (Å²) in [6.07, 6.45) is 0. The third-order valence-corrected chi connectivity index (χ3v) is 3.90. The zero-order valence-electron chi connectivity index (χ0n) is 13.7. The summed E-state index contributed by atoms with van der Waals surface area (Å²) in [6, 6.07) is 17.6. The van der Waals surface area contributed by atoms with E-state index in [1.54, 1.807) is 41.9 Å². The first kappa shape index (κ1) is 19.2. The van der Waals surface area contributed by atoms with Crippen molar-refractivity contribution >= 4 is 40.7 Å². The van der Waals surface area contributed by atoms with Crippen molar-refractivity contribution in [1.82, 2.24) is 10.8 Å². The topological polar surface area (TPSA) is 104 Å². The minimum absolute atomic E-state index is 0. The molecule has 0 radical (unpaired) electrons. The van der Waals surface area contributed by atoms with Crippen LogP contribution in [0.5, 0.6) is 0 Å². The van der Waals surface area contributed by atoms with Crippen LogP contribution >= 0.6 is 12.4 Å². The lowest BCUT2D eigenvalue weighted by Gasteiger charge is -2.07. The van der Waals surface area contributed by atoms with Crippen molar-refractivity contribution in [3.8, 4) is 0 Å². The predicted octanol–water partition coefficient (Wildman–Crippen LogP) is 2.89. The zero-order valence-corrected chi connectivity index (χ0v) is 14.5. The number of nitrogens with two attached hydrogens (primary N) is 1. The number of amides is 2. The quantitative estimate of drug-likeness (QED) is 0.321. The summed E-state index contributed by atoms with van der Waals surface area (Å²) >= 11 is 0. The molecular formula is C19H18ClN3O3. The van der Waals surface area contributed by atoms with E-state index in [4.69, 9.17) is 10.9 Å². The van der Waals surface area contributed by atoms with Gasteiger partial charge in [0.05, 0.1) is 0 Å². The Kier molecular flexibility index (Phi) is 6.16. The number of nitrogen functional groups attached to an aromatic ring is 1. The van der Waals surface area contributed by atoms with Crippen LogP contribution in [0.15, 0.2) is 60.7 Å². The molecule has 0 heterocycles. The highest BCUT2D eigenvalue weighted by molar-refractivity contribution is 5.99. The van der Waals surface area contributed by atoms with Crippen molar-refractivity contribution in [2.24, 2.45) is 0 Å². The summed E-state index contributed by atoms with van der Waals surface area (Å²) in [7, 11) is 0. The monoisotopic (exact) mass is 371 g/mol. The maximum absolute atomic E-state index is 12.3. The average Bonchev–Trinajstić information content (AvgIpc) is 2.65. The van der Waals surface area contributed by atoms with Crippen molar-refractivity contribution in [2.45, 2.75) is 6.54 Å². The summed E-state index contributed by atoms with van der Waals surface area (Å²) < 4.78 is 0. The van der Waals surface area contributed by atoms with E-state index in [1.165, 1.54) is 0 Å². The third kappa shape index (κ3) is 4.30. The molecule has 134 valence electrons. The van der Waals surface area contributed by atoms with Crippen LogP contribution in [0.2, 0.25) is 0 Å². The van der Waals surface area contributed by atoms with Crippen molar-refractivity contribution in [1.29, 1.82) is 0 Å². The molecule has 0 aromatic heterocycles. The molecule has 3 rings (SSSR count). The van der Waals surface area contributed by atoms with Crippen LogP contribution in [0.3, 0.4) is 0 Å². The minimum atomic E-state index is -0.576. The summed E-state index contributed by atoms with van der Waals surface area (Å²) in [4.78, 5) is 23.6. The van der Waals surface area contributed by atoms with Gasteiger partial charge in [0.25, 0.3) is 11.8 Å². The van der Waals surface area contributed by atoms with Gasteiger partial charge in [0.15, 0.2) is 0 Å². The first-order valence-electron chi connectivity index (χ1n) is 7.68. The van der Waals surface area contributed by atoms with Gasteiger partial charge in [-0.1, -0.05) is 24.3 Å². The van der Waals surface area contributed by atoms with Gasteiger partial charge in [-0.05, 0) is 52.7 Å². The van der Waals surface area contributed by atoms with Gasteiger partial charge in [-0.15, -0.1) is 12.4 Å². The summed E-state index contributed by atoms with van der Waals surface area (Å²) in [5, 5.41) is 13.4. The lowest BCUT2D eigenvalue weighted by atomic mass is 10.1. The highest BCUT2D eigenvalue weighted by atomic mass is 35.5. The minimum Gasteiger partial charge on any atom is -0.399 e. The highest BCUT2D eigenvalue weighted by Crippen LogP contribution is 2.19. The molecule has 0 aliphatic carbocycles. The molecule has 0 saturated carbocycles. The number of carbonyl (C=O) groups is 2. The molecule has 0 unspecified atom stereocenters. The van der Waals surface area contributed by atoms with Crippen molar-refractivity contribution < 1.29 is 14.8 Å². The molecule has 0 bridgehead atoms. The molecule has 2 amide bonds. The third-order valence-electron chi connectivity index (χ3n) is 3.90. The van der Waals surface area contributed by atoms with E-state index in [0.717, 1.165) is 16.3 Å². The van der Waals surface area contributed by atoms with Crippen LogP contribution in [0.1, 0.15) is 26.3 Å². The van der Waals surface area contributed by atoms with E-state index >= 15 is 0 Å². The first-order valence-corrected chi connectivity index (χ1v) is 7.68. The predicted molar refractivity (Wildman–Crippen MR) is 102 cm³/mol. The first-order chi connectivity index (χ1) is 12.1. The Morgan fingerprint density at radius 3 is 2.15 bits per heavy atom. The lowest BCUT2D eigenvalue weighted by molar-refractivity contribution is 0.0706. The van der Waals surface area contributed by atoms with Crippen LogP contribution in [0.25, 0.3) is 10.8 Å². The van der Waals surface area contributed by atoms with Crippen LogP contribution in [0.4, 0.5) is 5.69 Å². The van der Waals surface area contributed by atoms with Gasteiger partial charge in [-0.2, -0.15) is 0 Å². The fourth-order valence-corrected chi connectivity index (χ4v) is 2.53. The van der Waals surface area contributed by atoms with Crippen molar-refractivity contribution in [3.63, 3.8) is 0 Å². The average molecular weight is 372 g/mol. The van der Waals surface area contributed by atoms with E-state index < -0.39 is 5.91 Å². The second-order valence-corrected chi connectivity index (χ2v) is 5.64. The standard InChI is InChI=1S/C19H17N3O3.ClH/c20-17-8-7-14-9-16(6-5-15(14)10-17)18(23)21-11-12-1-3-13(4-2-12)19(24)22-25;/h1-10,25H,11,20H2,(H,21,23)(H,22,24);1H. The maximum Gasteiger partial charge on any atom is 0.274 e. The Morgan fingerprint density at radius 1 is 0.846 bits per heavy atom. The molecule has 3 aromatic rings. The number of nitrogens with one attached hydrogen (secondary N) is 2. The Balaban J connectivity index is 0.00000243. The van der Waals surface area contributed by atoms with Gasteiger partial charge in [0.1, 0.15) is 0 Å². The Morgan fingerprint density at radius 2 is 1.46 bits per heavy atom. The van der Waals surface area contributed by atoms with E-state index in [2.05, 4.69) is 5.32 Å². The molecule has 7 heteroatoms. The number of hydrogen-bond acceptors (Lipinski definition) is 4. The molecular weight excluding hydrogens is 354 g/mol. The largest absolute Gasteiger partial charge is 0.399 e. The normalized spacial score (nSPS) is 10.0. The number of hydrogen-bond donors (Lipinski definition) is 4. The lowest BCUT2D eigenvalue weighted by Crippen LogP contribution is -2.23. The van der Waals surface area contributed by atoms with E-state index in [9.17, 15) is 9.59 Å². The molecule has 0 spiro atoms. The number of anilines is 1. The second kappa shape index (κ2) is 8.33. The Bertz CT molecular complexity index is 942. The van der Waals surface area contributed by atoms with E-state index in [1.807, 2.05) is 24.3 Å². The SMILES string of the molecule is Cl.Nc1ccc2cc(C(=O)NCc3ccc(C(=O)NO)cc3)ccc2c1. The molecule has 0 aliphatic rings. The molecule has 0 fully saturated rings. The van der Waals surface area contributed by atoms with Crippen LogP contribution in [-0.4, -0.2) is 17.0 Å². The smallest absolute Gasteiger partial charge is 0.274 e.